The fraction of sp³-hybridized carbons (Fsp3) is 0.500. The van der Waals surface area contributed by atoms with E-state index >= 15 is 0 Å². The van der Waals surface area contributed by atoms with Crippen LogP contribution in [-0.4, -0.2) is 42.5 Å². The minimum atomic E-state index is -0.657. The second kappa shape index (κ2) is 7.88. The lowest BCUT2D eigenvalue weighted by molar-refractivity contribution is -0.120. The average molecular weight is 422 g/mol. The number of amides is 2. The molecule has 25 heavy (non-hydrogen) atoms. The lowest BCUT2D eigenvalue weighted by Gasteiger charge is -2.39. The zero-order valence-electron chi connectivity index (χ0n) is 14.4. The van der Waals surface area contributed by atoms with Gasteiger partial charge in [0.1, 0.15) is 10.5 Å². The van der Waals surface area contributed by atoms with Crippen LogP contribution < -0.4 is 5.32 Å². The molecule has 2 amide bonds. The van der Waals surface area contributed by atoms with Crippen LogP contribution in [0.15, 0.2) is 18.2 Å². The van der Waals surface area contributed by atoms with Gasteiger partial charge in [0, 0.05) is 11.7 Å². The minimum Gasteiger partial charge on any atom is -0.331 e. The van der Waals surface area contributed by atoms with Gasteiger partial charge >= 0.3 is 6.03 Å². The van der Waals surface area contributed by atoms with Crippen molar-refractivity contribution in [3.63, 3.8) is 0 Å². The van der Waals surface area contributed by atoms with Gasteiger partial charge in [-0.25, -0.2) is 4.79 Å². The Morgan fingerprint density at radius 2 is 2.12 bits per heavy atom. The Balaban J connectivity index is 2.23. The molecule has 2 rings (SSSR count). The van der Waals surface area contributed by atoms with Gasteiger partial charge < -0.3 is 10.2 Å². The van der Waals surface area contributed by atoms with Crippen LogP contribution in [0.4, 0.5) is 10.5 Å². The average Bonchev–Trinajstić information content (AvgIpc) is 2.78. The molecule has 0 radical (unpaired) electrons. The van der Waals surface area contributed by atoms with Gasteiger partial charge in [-0.1, -0.05) is 54.1 Å². The fourth-order valence-corrected chi connectivity index (χ4v) is 5.04. The summed E-state index contributed by atoms with van der Waals surface area (Å²) in [5, 5.41) is 14.7. The van der Waals surface area contributed by atoms with Gasteiger partial charge in [0.2, 0.25) is 0 Å². The van der Waals surface area contributed by atoms with Crippen LogP contribution in [0.2, 0.25) is 10.0 Å². The first kappa shape index (κ1) is 20.6. The molecule has 0 saturated carbocycles. The fourth-order valence-electron chi connectivity index (χ4n) is 2.66. The largest absolute Gasteiger partial charge is 0.347 e. The molecule has 0 aromatic heterocycles. The molecule has 2 unspecified atom stereocenters. The van der Waals surface area contributed by atoms with E-state index in [1.807, 2.05) is 32.6 Å². The topological polar surface area (TPSA) is 55.8 Å². The van der Waals surface area contributed by atoms with Crippen molar-refractivity contribution >= 4 is 63.2 Å². The molecule has 1 aromatic carbocycles. The maximum Gasteiger partial charge on any atom is 0.347 e. The Kier molecular flexibility index (Phi) is 6.49. The maximum atomic E-state index is 12.6. The summed E-state index contributed by atoms with van der Waals surface area (Å²) in [5.41, 5.74) is 0.444. The lowest BCUT2D eigenvalue weighted by atomic mass is 10.1. The van der Waals surface area contributed by atoms with Crippen LogP contribution in [0, 0.1) is 0 Å². The third-order valence-corrected chi connectivity index (χ3v) is 6.44. The van der Waals surface area contributed by atoms with Crippen LogP contribution in [0.1, 0.15) is 34.1 Å². The maximum absolute atomic E-state index is 12.6. The predicted molar refractivity (Wildman–Crippen MR) is 109 cm³/mol. The van der Waals surface area contributed by atoms with Gasteiger partial charge in [0.05, 0.1) is 14.8 Å². The van der Waals surface area contributed by atoms with E-state index in [9.17, 15) is 10.0 Å². The zero-order chi connectivity index (χ0) is 18.9. The highest BCUT2D eigenvalue weighted by atomic mass is 35.5. The normalized spacial score (nSPS) is 20.5. The number of carbonyl (C=O) groups is 1. The van der Waals surface area contributed by atoms with E-state index in [0.29, 0.717) is 25.1 Å². The molecule has 0 spiro atoms. The molecule has 138 valence electrons. The SMILES string of the molecule is CCC(C)N1C(=S)SC(C)(C)C1N(O)C(=O)Nc1ccc(Cl)c(Cl)c1. The van der Waals surface area contributed by atoms with Crippen molar-refractivity contribution in [2.45, 2.75) is 51.1 Å². The van der Waals surface area contributed by atoms with Crippen molar-refractivity contribution in [1.29, 1.82) is 0 Å². The first-order chi connectivity index (χ1) is 11.6. The summed E-state index contributed by atoms with van der Waals surface area (Å²) in [4.78, 5) is 14.5. The highest BCUT2D eigenvalue weighted by molar-refractivity contribution is 8.24. The molecule has 1 aromatic rings. The number of hydrogen-bond donors (Lipinski definition) is 2. The van der Waals surface area contributed by atoms with E-state index in [0.717, 1.165) is 6.42 Å². The molecular weight excluding hydrogens is 401 g/mol. The number of urea groups is 1. The molecule has 0 aliphatic carbocycles. The summed E-state index contributed by atoms with van der Waals surface area (Å²) in [6.45, 7) is 7.96. The van der Waals surface area contributed by atoms with Gasteiger partial charge in [-0.05, 0) is 45.4 Å². The van der Waals surface area contributed by atoms with Gasteiger partial charge in [0.25, 0.3) is 0 Å². The zero-order valence-corrected chi connectivity index (χ0v) is 17.6. The van der Waals surface area contributed by atoms with Crippen LogP contribution in [0.25, 0.3) is 0 Å². The standard InChI is InChI=1S/C16H21Cl2N3O2S2/c1-5-9(2)20-13(16(3,4)25-15(20)24)21(23)14(22)19-10-6-7-11(17)12(18)8-10/h6-9,13,23H,5H2,1-4H3,(H,19,22). The number of anilines is 1. The number of hydrogen-bond acceptors (Lipinski definition) is 4. The van der Waals surface area contributed by atoms with E-state index in [4.69, 9.17) is 35.4 Å². The van der Waals surface area contributed by atoms with Crippen LogP contribution in [-0.2, 0) is 0 Å². The highest BCUT2D eigenvalue weighted by Gasteiger charge is 2.50. The van der Waals surface area contributed by atoms with Crippen LogP contribution >= 0.6 is 47.2 Å². The monoisotopic (exact) mass is 421 g/mol. The number of thiocarbonyl (C=S) groups is 1. The van der Waals surface area contributed by atoms with Crippen molar-refractivity contribution in [1.82, 2.24) is 9.96 Å². The van der Waals surface area contributed by atoms with Crippen molar-refractivity contribution in [2.75, 3.05) is 5.32 Å². The number of nitrogens with zero attached hydrogens (tertiary/aromatic N) is 2. The summed E-state index contributed by atoms with van der Waals surface area (Å²) in [7, 11) is 0. The number of nitrogens with one attached hydrogen (secondary N) is 1. The number of hydroxylamine groups is 2. The number of benzene rings is 1. The summed E-state index contributed by atoms with van der Waals surface area (Å²) in [6, 6.07) is 4.17. The lowest BCUT2D eigenvalue weighted by Crippen LogP contribution is -2.57. The summed E-state index contributed by atoms with van der Waals surface area (Å²) >= 11 is 18.8. The Labute approximate surface area is 167 Å². The molecule has 2 N–H and O–H groups in total. The Morgan fingerprint density at radius 1 is 1.48 bits per heavy atom. The molecule has 2 atom stereocenters. The third kappa shape index (κ3) is 4.34. The van der Waals surface area contributed by atoms with Crippen molar-refractivity contribution in [2.24, 2.45) is 0 Å². The third-order valence-electron chi connectivity index (χ3n) is 4.12. The number of halogens is 2. The van der Waals surface area contributed by atoms with Gasteiger partial charge in [-0.3, -0.25) is 5.21 Å². The van der Waals surface area contributed by atoms with Crippen molar-refractivity contribution in [3.8, 4) is 0 Å². The van der Waals surface area contributed by atoms with E-state index in [2.05, 4.69) is 5.32 Å². The van der Waals surface area contributed by atoms with Gasteiger partial charge in [-0.15, -0.1) is 0 Å². The van der Waals surface area contributed by atoms with E-state index in [1.165, 1.54) is 17.8 Å². The van der Waals surface area contributed by atoms with E-state index in [-0.39, 0.29) is 6.04 Å². The second-order valence-electron chi connectivity index (χ2n) is 6.41. The van der Waals surface area contributed by atoms with Crippen LogP contribution in [0.5, 0.6) is 0 Å². The second-order valence-corrected chi connectivity index (χ2v) is 9.52. The molecular formula is C16H21Cl2N3O2S2. The molecule has 1 heterocycles. The number of thioether (sulfide) groups is 1. The first-order valence-electron chi connectivity index (χ1n) is 7.84. The smallest absolute Gasteiger partial charge is 0.331 e. The summed E-state index contributed by atoms with van der Waals surface area (Å²) in [5.74, 6) is 0. The molecule has 9 heteroatoms. The van der Waals surface area contributed by atoms with E-state index < -0.39 is 16.9 Å². The van der Waals surface area contributed by atoms with E-state index in [1.54, 1.807) is 12.1 Å². The molecule has 1 saturated heterocycles. The number of carbonyl (C=O) groups excluding carboxylic acids is 1. The predicted octanol–water partition coefficient (Wildman–Crippen LogP) is 5.45. The quantitative estimate of drug-likeness (QED) is 0.384. The summed E-state index contributed by atoms with van der Waals surface area (Å²) < 4.78 is 0.218. The highest BCUT2D eigenvalue weighted by Crippen LogP contribution is 2.43. The Bertz CT molecular complexity index is 687. The van der Waals surface area contributed by atoms with Crippen LogP contribution in [0.3, 0.4) is 0 Å². The molecule has 1 fully saturated rings. The van der Waals surface area contributed by atoms with Gasteiger partial charge in [-0.2, -0.15) is 5.06 Å². The Hall–Kier alpha value is -0.730. The van der Waals surface area contributed by atoms with Crippen molar-refractivity contribution < 1.29 is 10.0 Å². The minimum absolute atomic E-state index is 0.0965. The van der Waals surface area contributed by atoms with Gasteiger partial charge in [0.15, 0.2) is 0 Å². The Morgan fingerprint density at radius 3 is 2.68 bits per heavy atom. The molecule has 0 bridgehead atoms. The first-order valence-corrected chi connectivity index (χ1v) is 9.82. The van der Waals surface area contributed by atoms with Crippen molar-refractivity contribution in [3.05, 3.63) is 28.2 Å². The number of rotatable bonds is 4. The molecule has 5 nitrogen and oxygen atoms in total. The molecule has 1 aliphatic heterocycles. The molecule has 1 aliphatic rings. The summed E-state index contributed by atoms with van der Waals surface area (Å²) in [6.07, 6.45) is 0.262.